The van der Waals surface area contributed by atoms with E-state index < -0.39 is 5.97 Å². The van der Waals surface area contributed by atoms with Crippen molar-refractivity contribution in [1.29, 1.82) is 0 Å². The molecule has 2 aliphatic carbocycles. The molecule has 0 saturated heterocycles. The van der Waals surface area contributed by atoms with Crippen LogP contribution in [0.4, 0.5) is 0 Å². The van der Waals surface area contributed by atoms with Crippen LogP contribution in [0.15, 0.2) is 18.2 Å². The molecular formula is C16H19NO4. The standard InChI is InChI=1S/C16H19NO4/c1-21-13-6-5-9(7-12(13)16(19)20)8-17-15(18)14-10-3-2-4-11(10)14/h5-7,10-11,14H,2-4,8H2,1H3,(H,17,18)(H,19,20)/t10-,11-/m0/s1. The van der Waals surface area contributed by atoms with E-state index in [9.17, 15) is 9.59 Å². The Kier molecular flexibility index (Phi) is 3.57. The lowest BCUT2D eigenvalue weighted by Gasteiger charge is -2.09. The van der Waals surface area contributed by atoms with E-state index in [1.165, 1.54) is 26.4 Å². The first-order valence-corrected chi connectivity index (χ1v) is 7.29. The highest BCUT2D eigenvalue weighted by molar-refractivity contribution is 5.91. The molecule has 2 fully saturated rings. The molecule has 0 spiro atoms. The van der Waals surface area contributed by atoms with Crippen molar-refractivity contribution in [1.82, 2.24) is 5.32 Å². The van der Waals surface area contributed by atoms with Crippen molar-refractivity contribution in [3.8, 4) is 5.75 Å². The Bertz CT molecular complexity index is 574. The number of carbonyl (C=O) groups is 2. The summed E-state index contributed by atoms with van der Waals surface area (Å²) in [4.78, 5) is 23.2. The van der Waals surface area contributed by atoms with E-state index in [1.807, 2.05) is 0 Å². The van der Waals surface area contributed by atoms with Gasteiger partial charge in [0.25, 0.3) is 0 Å². The minimum Gasteiger partial charge on any atom is -0.496 e. The highest BCUT2D eigenvalue weighted by Crippen LogP contribution is 2.57. The third-order valence-corrected chi connectivity index (χ3v) is 4.67. The number of ether oxygens (including phenoxy) is 1. The Balaban J connectivity index is 1.61. The van der Waals surface area contributed by atoms with Crippen LogP contribution in [0.1, 0.15) is 35.2 Å². The lowest BCUT2D eigenvalue weighted by atomic mass is 10.1. The Morgan fingerprint density at radius 2 is 2.05 bits per heavy atom. The summed E-state index contributed by atoms with van der Waals surface area (Å²) in [7, 11) is 1.44. The Labute approximate surface area is 123 Å². The van der Waals surface area contributed by atoms with Gasteiger partial charge in [-0.3, -0.25) is 4.79 Å². The van der Waals surface area contributed by atoms with Crippen LogP contribution in [0, 0.1) is 17.8 Å². The molecule has 112 valence electrons. The lowest BCUT2D eigenvalue weighted by molar-refractivity contribution is -0.123. The minimum absolute atomic E-state index is 0.109. The molecule has 0 bridgehead atoms. The normalized spacial score (nSPS) is 26.0. The molecule has 2 saturated carbocycles. The summed E-state index contributed by atoms with van der Waals surface area (Å²) in [6.07, 6.45) is 3.60. The van der Waals surface area contributed by atoms with Gasteiger partial charge in [0.05, 0.1) is 7.11 Å². The Hall–Kier alpha value is -2.04. The van der Waals surface area contributed by atoms with Crippen molar-refractivity contribution in [3.05, 3.63) is 29.3 Å². The summed E-state index contributed by atoms with van der Waals surface area (Å²) in [5.41, 5.74) is 0.889. The van der Waals surface area contributed by atoms with E-state index in [0.29, 0.717) is 24.1 Å². The highest BCUT2D eigenvalue weighted by atomic mass is 16.5. The van der Waals surface area contributed by atoms with Crippen molar-refractivity contribution in [2.75, 3.05) is 7.11 Å². The van der Waals surface area contributed by atoms with Crippen molar-refractivity contribution in [2.24, 2.45) is 17.8 Å². The fourth-order valence-electron chi connectivity index (χ4n) is 3.55. The predicted molar refractivity (Wildman–Crippen MR) is 76.1 cm³/mol. The molecule has 3 rings (SSSR count). The number of carboxylic acid groups (broad SMARTS) is 1. The molecule has 1 aromatic carbocycles. The third kappa shape index (κ3) is 2.60. The van der Waals surface area contributed by atoms with Gasteiger partial charge in [-0.15, -0.1) is 0 Å². The van der Waals surface area contributed by atoms with Gasteiger partial charge in [0.2, 0.25) is 5.91 Å². The Morgan fingerprint density at radius 1 is 1.33 bits per heavy atom. The van der Waals surface area contributed by atoms with Crippen molar-refractivity contribution in [3.63, 3.8) is 0 Å². The van der Waals surface area contributed by atoms with Crippen LogP contribution in [0.25, 0.3) is 0 Å². The molecule has 0 aromatic heterocycles. The number of nitrogens with one attached hydrogen (secondary N) is 1. The molecule has 0 aliphatic heterocycles. The van der Waals surface area contributed by atoms with E-state index in [1.54, 1.807) is 18.2 Å². The van der Waals surface area contributed by atoms with E-state index in [4.69, 9.17) is 9.84 Å². The summed E-state index contributed by atoms with van der Waals surface area (Å²) >= 11 is 0. The molecule has 5 heteroatoms. The number of benzene rings is 1. The number of hydrogen-bond acceptors (Lipinski definition) is 3. The second kappa shape index (κ2) is 5.39. The summed E-state index contributed by atoms with van der Waals surface area (Å²) in [5, 5.41) is 12.1. The first-order chi connectivity index (χ1) is 10.1. The highest BCUT2D eigenvalue weighted by Gasteiger charge is 2.56. The smallest absolute Gasteiger partial charge is 0.339 e. The molecule has 1 aromatic rings. The molecule has 2 N–H and O–H groups in total. The van der Waals surface area contributed by atoms with Gasteiger partial charge in [0, 0.05) is 12.5 Å². The van der Waals surface area contributed by atoms with Crippen LogP contribution in [-0.2, 0) is 11.3 Å². The maximum Gasteiger partial charge on any atom is 0.339 e. The fourth-order valence-corrected chi connectivity index (χ4v) is 3.55. The monoisotopic (exact) mass is 289 g/mol. The van der Waals surface area contributed by atoms with Crippen LogP contribution in [-0.4, -0.2) is 24.1 Å². The molecule has 2 aliphatic rings. The van der Waals surface area contributed by atoms with Gasteiger partial charge < -0.3 is 15.2 Å². The average Bonchev–Trinajstić information content (AvgIpc) is 2.97. The van der Waals surface area contributed by atoms with Gasteiger partial charge in [0.15, 0.2) is 0 Å². The molecule has 0 heterocycles. The summed E-state index contributed by atoms with van der Waals surface area (Å²) in [5.74, 6) is 0.783. The number of fused-ring (bicyclic) bond motifs is 1. The minimum atomic E-state index is -1.03. The van der Waals surface area contributed by atoms with Crippen molar-refractivity contribution in [2.45, 2.75) is 25.8 Å². The SMILES string of the molecule is COc1ccc(CNC(=O)C2[C@H]3CCC[C@H]23)cc1C(=O)O. The third-order valence-electron chi connectivity index (χ3n) is 4.67. The van der Waals surface area contributed by atoms with E-state index >= 15 is 0 Å². The van der Waals surface area contributed by atoms with Gasteiger partial charge in [-0.1, -0.05) is 12.5 Å². The van der Waals surface area contributed by atoms with Crippen molar-refractivity contribution < 1.29 is 19.4 Å². The molecule has 1 amide bonds. The Morgan fingerprint density at radius 3 is 2.67 bits per heavy atom. The number of carboxylic acids is 1. The number of hydrogen-bond donors (Lipinski definition) is 2. The molecule has 5 nitrogen and oxygen atoms in total. The number of amides is 1. The van der Waals surface area contributed by atoms with Crippen molar-refractivity contribution >= 4 is 11.9 Å². The number of methoxy groups -OCH3 is 1. The second-order valence-electron chi connectivity index (χ2n) is 5.84. The van der Waals surface area contributed by atoms with Crippen LogP contribution in [0.2, 0.25) is 0 Å². The maximum absolute atomic E-state index is 12.1. The van der Waals surface area contributed by atoms with E-state index in [0.717, 1.165) is 5.56 Å². The van der Waals surface area contributed by atoms with Gasteiger partial charge in [0.1, 0.15) is 11.3 Å². The fraction of sp³-hybridized carbons (Fsp3) is 0.500. The summed E-state index contributed by atoms with van der Waals surface area (Å²) < 4.78 is 5.02. The molecule has 2 atom stereocenters. The van der Waals surface area contributed by atoms with E-state index in [2.05, 4.69) is 5.32 Å². The molecule has 0 radical (unpaired) electrons. The van der Waals surface area contributed by atoms with Crippen LogP contribution in [0.3, 0.4) is 0 Å². The van der Waals surface area contributed by atoms with Crippen LogP contribution < -0.4 is 10.1 Å². The summed E-state index contributed by atoms with van der Waals surface area (Å²) in [6, 6.07) is 4.95. The first-order valence-electron chi connectivity index (χ1n) is 7.29. The number of rotatable bonds is 5. The van der Waals surface area contributed by atoms with Gasteiger partial charge in [-0.2, -0.15) is 0 Å². The first kappa shape index (κ1) is 13.9. The quantitative estimate of drug-likeness (QED) is 0.870. The number of carbonyl (C=O) groups excluding carboxylic acids is 1. The van der Waals surface area contributed by atoms with Crippen LogP contribution >= 0.6 is 0 Å². The average molecular weight is 289 g/mol. The molecular weight excluding hydrogens is 270 g/mol. The largest absolute Gasteiger partial charge is 0.496 e. The number of aromatic carboxylic acids is 1. The van der Waals surface area contributed by atoms with Crippen LogP contribution in [0.5, 0.6) is 5.75 Å². The maximum atomic E-state index is 12.1. The van der Waals surface area contributed by atoms with Gasteiger partial charge in [-0.25, -0.2) is 4.79 Å². The topological polar surface area (TPSA) is 75.6 Å². The van der Waals surface area contributed by atoms with Gasteiger partial charge >= 0.3 is 5.97 Å². The molecule has 0 unspecified atom stereocenters. The van der Waals surface area contributed by atoms with Gasteiger partial charge in [-0.05, 0) is 42.4 Å². The zero-order valence-corrected chi connectivity index (χ0v) is 12.0. The predicted octanol–water partition coefficient (Wildman–Crippen LogP) is 2.06. The van der Waals surface area contributed by atoms with E-state index in [-0.39, 0.29) is 17.4 Å². The summed E-state index contributed by atoms with van der Waals surface area (Å²) in [6.45, 7) is 0.360. The molecule has 21 heavy (non-hydrogen) atoms. The zero-order chi connectivity index (χ0) is 15.0. The second-order valence-corrected chi connectivity index (χ2v) is 5.84. The zero-order valence-electron chi connectivity index (χ0n) is 12.0. The lowest BCUT2D eigenvalue weighted by Crippen LogP contribution is -2.26.